The van der Waals surface area contributed by atoms with E-state index in [1.807, 2.05) is 0 Å². The van der Waals surface area contributed by atoms with Crippen LogP contribution in [0, 0.1) is 6.92 Å². The largest absolute Gasteiger partial charge is 0.493 e. The zero-order valence-electron chi connectivity index (χ0n) is 15.6. The number of aromatic hydroxyl groups is 1. The van der Waals surface area contributed by atoms with Crippen molar-refractivity contribution >= 4 is 15.6 Å². The number of nitrogens with zero attached hydrogens (tertiary/aromatic N) is 2. The first-order valence-electron chi connectivity index (χ1n) is 8.82. The summed E-state index contributed by atoms with van der Waals surface area (Å²) in [6, 6.07) is 2.75. The molecule has 146 valence electrons. The quantitative estimate of drug-likeness (QED) is 0.646. The number of fused-ring (bicyclic) bond motifs is 1. The third-order valence-corrected chi connectivity index (χ3v) is 7.51. The molecule has 0 saturated carbocycles. The van der Waals surface area contributed by atoms with Crippen LogP contribution >= 0.6 is 0 Å². The van der Waals surface area contributed by atoms with Gasteiger partial charge in [0, 0.05) is 24.7 Å². The zero-order chi connectivity index (χ0) is 19.9. The molecular weight excluding hydrogens is 368 g/mol. The smallest absolute Gasteiger partial charge is 0.220 e. The monoisotopic (exact) mass is 392 g/mol. The molecule has 1 aliphatic heterocycles. The third kappa shape index (κ3) is 2.95. The van der Waals surface area contributed by atoms with E-state index in [0.29, 0.717) is 29.7 Å². The average Bonchev–Trinajstić information content (AvgIpc) is 3.02. The van der Waals surface area contributed by atoms with Crippen molar-refractivity contribution in [2.75, 3.05) is 13.6 Å². The molecule has 2 atom stereocenters. The normalized spacial score (nSPS) is 21.0. The van der Waals surface area contributed by atoms with Crippen LogP contribution in [0.1, 0.15) is 46.4 Å². The van der Waals surface area contributed by atoms with Gasteiger partial charge in [0.25, 0.3) is 0 Å². The molecule has 3 rings (SSSR count). The van der Waals surface area contributed by atoms with Crippen LogP contribution in [0.2, 0.25) is 0 Å². The van der Waals surface area contributed by atoms with Crippen LogP contribution in [0.25, 0.3) is 0 Å². The molecule has 0 aliphatic carbocycles. The molecule has 27 heavy (non-hydrogen) atoms. The first-order chi connectivity index (χ1) is 12.8. The van der Waals surface area contributed by atoms with Crippen LogP contribution in [0.3, 0.4) is 0 Å². The van der Waals surface area contributed by atoms with Gasteiger partial charge in [-0.25, -0.2) is 13.1 Å². The van der Waals surface area contributed by atoms with E-state index in [9.17, 15) is 18.3 Å². The standard InChI is InChI=1S/C18H24N4O4S/c1-4-22-18(24)13(9-21-22)17(23)12-5-6-15-16(10(12)2)14(20-3)7-11(8-19)27(15,25)26/h5-6,9,11,14,20,24H,4,7-8,19H2,1-3H3. The van der Waals surface area contributed by atoms with E-state index in [-0.39, 0.29) is 34.7 Å². The second kappa shape index (κ2) is 7.06. The maximum absolute atomic E-state index is 13.0. The van der Waals surface area contributed by atoms with E-state index in [1.54, 1.807) is 20.9 Å². The Morgan fingerprint density at radius 3 is 2.67 bits per heavy atom. The van der Waals surface area contributed by atoms with E-state index in [4.69, 9.17) is 5.73 Å². The summed E-state index contributed by atoms with van der Waals surface area (Å²) in [6.45, 7) is 4.02. The van der Waals surface area contributed by atoms with Crippen molar-refractivity contribution in [3.63, 3.8) is 0 Å². The molecule has 2 unspecified atom stereocenters. The van der Waals surface area contributed by atoms with Crippen molar-refractivity contribution in [1.29, 1.82) is 0 Å². The minimum atomic E-state index is -3.56. The predicted molar refractivity (Wildman–Crippen MR) is 101 cm³/mol. The second-order valence-corrected chi connectivity index (χ2v) is 8.85. The summed E-state index contributed by atoms with van der Waals surface area (Å²) >= 11 is 0. The van der Waals surface area contributed by atoms with Crippen molar-refractivity contribution in [2.45, 2.75) is 43.0 Å². The van der Waals surface area contributed by atoms with Crippen molar-refractivity contribution in [2.24, 2.45) is 5.73 Å². The minimum absolute atomic E-state index is 0.0454. The van der Waals surface area contributed by atoms with Crippen molar-refractivity contribution < 1.29 is 18.3 Å². The second-order valence-electron chi connectivity index (χ2n) is 6.66. The van der Waals surface area contributed by atoms with Gasteiger partial charge in [0.1, 0.15) is 5.56 Å². The van der Waals surface area contributed by atoms with E-state index >= 15 is 0 Å². The Morgan fingerprint density at radius 1 is 1.41 bits per heavy atom. The number of carbonyl (C=O) groups excluding carboxylic acids is 1. The molecule has 2 heterocycles. The molecule has 0 radical (unpaired) electrons. The molecule has 0 bridgehead atoms. The van der Waals surface area contributed by atoms with Gasteiger partial charge >= 0.3 is 0 Å². The van der Waals surface area contributed by atoms with E-state index in [1.165, 1.54) is 23.0 Å². The number of nitrogens with one attached hydrogen (secondary N) is 1. The summed E-state index contributed by atoms with van der Waals surface area (Å²) in [7, 11) is -1.80. The Morgan fingerprint density at radius 2 is 2.11 bits per heavy atom. The molecule has 1 aromatic heterocycles. The summed E-state index contributed by atoms with van der Waals surface area (Å²) in [5.41, 5.74) is 7.30. The van der Waals surface area contributed by atoms with E-state index in [0.717, 1.165) is 0 Å². The van der Waals surface area contributed by atoms with Gasteiger partial charge in [0.15, 0.2) is 15.6 Å². The molecule has 8 nitrogen and oxygen atoms in total. The first kappa shape index (κ1) is 19.5. The number of hydrogen-bond donors (Lipinski definition) is 3. The zero-order valence-corrected chi connectivity index (χ0v) is 16.4. The fraction of sp³-hybridized carbons (Fsp3) is 0.444. The van der Waals surface area contributed by atoms with Gasteiger partial charge in [-0.05, 0) is 50.6 Å². The summed E-state index contributed by atoms with van der Waals surface area (Å²) in [6.07, 6.45) is 1.68. The van der Waals surface area contributed by atoms with E-state index in [2.05, 4.69) is 10.4 Å². The fourth-order valence-corrected chi connectivity index (χ4v) is 5.64. The Balaban J connectivity index is 2.16. The number of hydrogen-bond acceptors (Lipinski definition) is 7. The molecular formula is C18H24N4O4S. The third-order valence-electron chi connectivity index (χ3n) is 5.28. The Kier molecular flexibility index (Phi) is 5.11. The molecule has 2 aromatic rings. The maximum Gasteiger partial charge on any atom is 0.220 e. The van der Waals surface area contributed by atoms with Gasteiger partial charge < -0.3 is 16.2 Å². The number of rotatable bonds is 5. The number of aromatic nitrogens is 2. The number of benzene rings is 1. The molecule has 0 amide bonds. The van der Waals surface area contributed by atoms with Gasteiger partial charge in [-0.15, -0.1) is 0 Å². The number of sulfone groups is 1. The summed E-state index contributed by atoms with van der Waals surface area (Å²) < 4.78 is 27.0. The first-order valence-corrected chi connectivity index (χ1v) is 10.4. The molecule has 4 N–H and O–H groups in total. The molecule has 9 heteroatoms. The van der Waals surface area contributed by atoms with E-state index < -0.39 is 15.1 Å². The Labute approximate surface area is 158 Å². The highest BCUT2D eigenvalue weighted by Gasteiger charge is 2.39. The fourth-order valence-electron chi connectivity index (χ4n) is 3.72. The van der Waals surface area contributed by atoms with Gasteiger partial charge in [-0.3, -0.25) is 4.79 Å². The highest BCUT2D eigenvalue weighted by atomic mass is 32.2. The van der Waals surface area contributed by atoms with Gasteiger partial charge in [0.2, 0.25) is 5.88 Å². The summed E-state index contributed by atoms with van der Waals surface area (Å²) in [5, 5.41) is 16.7. The van der Waals surface area contributed by atoms with Crippen LogP contribution < -0.4 is 11.1 Å². The highest BCUT2D eigenvalue weighted by molar-refractivity contribution is 7.92. The van der Waals surface area contributed by atoms with Crippen LogP contribution in [0.4, 0.5) is 0 Å². The molecule has 0 saturated heterocycles. The molecule has 1 aromatic carbocycles. The predicted octanol–water partition coefficient (Wildman–Crippen LogP) is 0.913. The van der Waals surface area contributed by atoms with Gasteiger partial charge in [-0.1, -0.05) is 0 Å². The van der Waals surface area contributed by atoms with Crippen LogP contribution in [0.5, 0.6) is 5.88 Å². The SMILES string of the molecule is CCn1ncc(C(=O)c2ccc3c(c2C)C(NC)CC(CN)S3(=O)=O)c1O. The molecule has 1 aliphatic rings. The minimum Gasteiger partial charge on any atom is -0.493 e. The van der Waals surface area contributed by atoms with Crippen LogP contribution in [-0.2, 0) is 16.4 Å². The van der Waals surface area contributed by atoms with Crippen molar-refractivity contribution in [3.8, 4) is 5.88 Å². The Hall–Kier alpha value is -2.23. The molecule has 0 fully saturated rings. The summed E-state index contributed by atoms with van der Waals surface area (Å²) in [5.74, 6) is -0.582. The number of nitrogens with two attached hydrogens (primary N) is 1. The lowest BCUT2D eigenvalue weighted by Gasteiger charge is -2.32. The molecule has 0 spiro atoms. The van der Waals surface area contributed by atoms with Crippen LogP contribution in [-0.4, -0.2) is 47.9 Å². The lowest BCUT2D eigenvalue weighted by atomic mass is 9.90. The van der Waals surface area contributed by atoms with Crippen molar-refractivity contribution in [3.05, 3.63) is 40.6 Å². The lowest BCUT2D eigenvalue weighted by molar-refractivity contribution is 0.103. The van der Waals surface area contributed by atoms with Crippen LogP contribution in [0.15, 0.2) is 23.2 Å². The Bertz CT molecular complexity index is 997. The topological polar surface area (TPSA) is 127 Å². The number of ketones is 1. The lowest BCUT2D eigenvalue weighted by Crippen LogP contribution is -2.39. The maximum atomic E-state index is 13.0. The number of aryl methyl sites for hydroxylation is 1. The number of carbonyl (C=O) groups is 1. The van der Waals surface area contributed by atoms with Gasteiger partial charge in [0.05, 0.1) is 16.3 Å². The van der Waals surface area contributed by atoms with Gasteiger partial charge in [-0.2, -0.15) is 5.10 Å². The van der Waals surface area contributed by atoms with Crippen molar-refractivity contribution in [1.82, 2.24) is 15.1 Å². The highest BCUT2D eigenvalue weighted by Crippen LogP contribution is 2.39. The average molecular weight is 392 g/mol. The summed E-state index contributed by atoms with van der Waals surface area (Å²) in [4.78, 5) is 13.2.